The summed E-state index contributed by atoms with van der Waals surface area (Å²) in [6.45, 7) is 1.74. The van der Waals surface area contributed by atoms with Crippen LogP contribution < -0.4 is 5.32 Å². The van der Waals surface area contributed by atoms with Gasteiger partial charge in [-0.3, -0.25) is 0 Å². The predicted octanol–water partition coefficient (Wildman–Crippen LogP) is 4.02. The topological polar surface area (TPSA) is 12.0 Å². The number of rotatable bonds is 4. The third-order valence-electron chi connectivity index (χ3n) is 2.18. The number of alkyl halides is 3. The van der Waals surface area contributed by atoms with Crippen molar-refractivity contribution in [3.05, 3.63) is 34.1 Å². The maximum Gasteiger partial charge on any atom is 0.390 e. The molecule has 6 heteroatoms. The molecule has 0 aromatic heterocycles. The Bertz CT molecular complexity index is 378. The Hall–Kier alpha value is -0.620. The van der Waals surface area contributed by atoms with Crippen molar-refractivity contribution < 1.29 is 17.6 Å². The minimum absolute atomic E-state index is 0.274. The van der Waals surface area contributed by atoms with Gasteiger partial charge in [-0.05, 0) is 40.5 Å². The fourth-order valence-electron chi connectivity index (χ4n) is 1.36. The summed E-state index contributed by atoms with van der Waals surface area (Å²) in [6, 6.07) is 3.68. The SMILES string of the molecule is CC(CC(F)(F)F)NCc1ccc(F)c(Br)c1. The maximum atomic E-state index is 12.9. The predicted molar refractivity (Wildman–Crippen MR) is 61.1 cm³/mol. The van der Waals surface area contributed by atoms with Gasteiger partial charge in [-0.15, -0.1) is 0 Å². The molecule has 0 amide bonds. The van der Waals surface area contributed by atoms with Gasteiger partial charge in [0.1, 0.15) is 5.82 Å². The van der Waals surface area contributed by atoms with Crippen molar-refractivity contribution in [1.29, 1.82) is 0 Å². The van der Waals surface area contributed by atoms with Crippen LogP contribution in [0.5, 0.6) is 0 Å². The third-order valence-corrected chi connectivity index (χ3v) is 2.78. The molecule has 1 unspecified atom stereocenters. The summed E-state index contributed by atoms with van der Waals surface area (Å²) >= 11 is 3.02. The first-order valence-corrected chi connectivity index (χ1v) is 5.81. The second-order valence-electron chi connectivity index (χ2n) is 3.85. The molecule has 0 bridgehead atoms. The highest BCUT2D eigenvalue weighted by Crippen LogP contribution is 2.22. The monoisotopic (exact) mass is 313 g/mol. The highest BCUT2D eigenvalue weighted by atomic mass is 79.9. The van der Waals surface area contributed by atoms with Crippen LogP contribution in [0.4, 0.5) is 17.6 Å². The Kier molecular flexibility index (Phi) is 4.94. The Morgan fingerprint density at radius 1 is 1.35 bits per heavy atom. The minimum Gasteiger partial charge on any atom is -0.310 e. The van der Waals surface area contributed by atoms with Gasteiger partial charge in [0.15, 0.2) is 0 Å². The number of nitrogens with one attached hydrogen (secondary N) is 1. The summed E-state index contributed by atoms with van der Waals surface area (Å²) in [7, 11) is 0. The van der Waals surface area contributed by atoms with E-state index in [-0.39, 0.29) is 6.54 Å². The van der Waals surface area contributed by atoms with Crippen LogP contribution >= 0.6 is 15.9 Å². The zero-order valence-electron chi connectivity index (χ0n) is 9.11. The molecular formula is C11H12BrF4N. The van der Waals surface area contributed by atoms with Crippen molar-refractivity contribution >= 4 is 15.9 Å². The molecule has 1 aromatic carbocycles. The standard InChI is InChI=1S/C11H12BrF4N/c1-7(5-11(14,15)16)17-6-8-2-3-10(13)9(12)4-8/h2-4,7,17H,5-6H2,1H3. The van der Waals surface area contributed by atoms with Crippen LogP contribution in [0.15, 0.2) is 22.7 Å². The molecule has 0 radical (unpaired) electrons. The van der Waals surface area contributed by atoms with E-state index in [9.17, 15) is 17.6 Å². The highest BCUT2D eigenvalue weighted by Gasteiger charge is 2.29. The molecule has 1 N–H and O–H groups in total. The zero-order valence-corrected chi connectivity index (χ0v) is 10.7. The number of benzene rings is 1. The van der Waals surface area contributed by atoms with Crippen LogP contribution in [0.2, 0.25) is 0 Å². The van der Waals surface area contributed by atoms with Crippen LogP contribution in [-0.2, 0) is 6.54 Å². The zero-order chi connectivity index (χ0) is 13.1. The fourth-order valence-corrected chi connectivity index (χ4v) is 1.79. The average Bonchev–Trinajstić information content (AvgIpc) is 2.17. The molecule has 0 saturated carbocycles. The van der Waals surface area contributed by atoms with Crippen LogP contribution in [0.3, 0.4) is 0 Å². The Balaban J connectivity index is 2.47. The smallest absolute Gasteiger partial charge is 0.310 e. The summed E-state index contributed by atoms with van der Waals surface area (Å²) in [6.07, 6.45) is -5.05. The van der Waals surface area contributed by atoms with Gasteiger partial charge in [0.2, 0.25) is 0 Å². The lowest BCUT2D eigenvalue weighted by atomic mass is 10.2. The quantitative estimate of drug-likeness (QED) is 0.828. The Morgan fingerprint density at radius 3 is 2.53 bits per heavy atom. The number of hydrogen-bond acceptors (Lipinski definition) is 1. The lowest BCUT2D eigenvalue weighted by molar-refractivity contribution is -0.139. The van der Waals surface area contributed by atoms with Crippen molar-refractivity contribution in [3.8, 4) is 0 Å². The normalized spacial score (nSPS) is 13.8. The summed E-state index contributed by atoms with van der Waals surface area (Å²) in [5, 5.41) is 2.74. The van der Waals surface area contributed by atoms with Gasteiger partial charge in [-0.2, -0.15) is 13.2 Å². The highest BCUT2D eigenvalue weighted by molar-refractivity contribution is 9.10. The third kappa shape index (κ3) is 5.50. The number of hydrogen-bond donors (Lipinski definition) is 1. The van der Waals surface area contributed by atoms with E-state index in [1.807, 2.05) is 0 Å². The van der Waals surface area contributed by atoms with Crippen molar-refractivity contribution in [2.24, 2.45) is 0 Å². The van der Waals surface area contributed by atoms with E-state index >= 15 is 0 Å². The van der Waals surface area contributed by atoms with E-state index in [2.05, 4.69) is 21.2 Å². The van der Waals surface area contributed by atoms with Gasteiger partial charge in [-0.1, -0.05) is 6.07 Å². The summed E-state index contributed by atoms with van der Waals surface area (Å²) < 4.78 is 49.4. The first kappa shape index (κ1) is 14.4. The molecule has 17 heavy (non-hydrogen) atoms. The van der Waals surface area contributed by atoms with Gasteiger partial charge in [-0.25, -0.2) is 4.39 Å². The van der Waals surface area contributed by atoms with Crippen LogP contribution in [0, 0.1) is 5.82 Å². The molecule has 1 atom stereocenters. The molecule has 0 saturated heterocycles. The summed E-state index contributed by atoms with van der Waals surface area (Å²) in [4.78, 5) is 0. The molecule has 0 aliphatic rings. The maximum absolute atomic E-state index is 12.9. The first-order chi connectivity index (χ1) is 7.78. The molecule has 96 valence electrons. The summed E-state index contributed by atoms with van der Waals surface area (Å²) in [5.41, 5.74) is 0.729. The van der Waals surface area contributed by atoms with Crippen molar-refractivity contribution in [2.75, 3.05) is 0 Å². The minimum atomic E-state index is -4.17. The van der Waals surface area contributed by atoms with E-state index in [4.69, 9.17) is 0 Å². The van der Waals surface area contributed by atoms with Crippen molar-refractivity contribution in [2.45, 2.75) is 32.1 Å². The largest absolute Gasteiger partial charge is 0.390 e. The summed E-state index contributed by atoms with van der Waals surface area (Å²) in [5.74, 6) is -0.392. The Labute approximate surface area is 105 Å². The van der Waals surface area contributed by atoms with Crippen LogP contribution in [-0.4, -0.2) is 12.2 Å². The van der Waals surface area contributed by atoms with E-state index in [0.717, 1.165) is 5.56 Å². The van der Waals surface area contributed by atoms with Gasteiger partial charge < -0.3 is 5.32 Å². The van der Waals surface area contributed by atoms with Crippen LogP contribution in [0.25, 0.3) is 0 Å². The second-order valence-corrected chi connectivity index (χ2v) is 4.70. The second kappa shape index (κ2) is 5.82. The lowest BCUT2D eigenvalue weighted by Gasteiger charge is -2.15. The molecule has 1 rings (SSSR count). The van der Waals surface area contributed by atoms with Gasteiger partial charge in [0.05, 0.1) is 10.9 Å². The van der Waals surface area contributed by atoms with E-state index in [0.29, 0.717) is 4.47 Å². The molecule has 0 heterocycles. The Morgan fingerprint density at radius 2 is 2.00 bits per heavy atom. The average molecular weight is 314 g/mol. The molecule has 1 nitrogen and oxygen atoms in total. The lowest BCUT2D eigenvalue weighted by Crippen LogP contribution is -2.30. The van der Waals surface area contributed by atoms with E-state index < -0.39 is 24.5 Å². The molecule has 0 aliphatic heterocycles. The first-order valence-electron chi connectivity index (χ1n) is 5.02. The van der Waals surface area contributed by atoms with Gasteiger partial charge in [0, 0.05) is 12.6 Å². The van der Waals surface area contributed by atoms with E-state index in [1.165, 1.54) is 19.1 Å². The fraction of sp³-hybridized carbons (Fsp3) is 0.455. The van der Waals surface area contributed by atoms with Gasteiger partial charge in [0.25, 0.3) is 0 Å². The van der Waals surface area contributed by atoms with Crippen LogP contribution in [0.1, 0.15) is 18.9 Å². The molecular weight excluding hydrogens is 302 g/mol. The van der Waals surface area contributed by atoms with Crippen molar-refractivity contribution in [1.82, 2.24) is 5.32 Å². The molecule has 1 aromatic rings. The molecule has 0 aliphatic carbocycles. The molecule has 0 spiro atoms. The molecule has 0 fully saturated rings. The van der Waals surface area contributed by atoms with Crippen molar-refractivity contribution in [3.63, 3.8) is 0 Å². The number of halogens is 5. The van der Waals surface area contributed by atoms with E-state index in [1.54, 1.807) is 6.07 Å². The van der Waals surface area contributed by atoms with Gasteiger partial charge >= 0.3 is 6.18 Å².